The molecule has 73 heavy (non-hydrogen) atoms. The first-order valence-corrected chi connectivity index (χ1v) is 31.1. The van der Waals surface area contributed by atoms with E-state index in [1.807, 2.05) is 0 Å². The first kappa shape index (κ1) is 69.6. The van der Waals surface area contributed by atoms with Crippen LogP contribution in [0, 0.1) is 0 Å². The molecule has 6 nitrogen and oxygen atoms in total. The molecule has 0 spiro atoms. The molecule has 0 aliphatic rings. The lowest BCUT2D eigenvalue weighted by Crippen LogP contribution is -2.30. The minimum absolute atomic E-state index is 0.0843. The number of carbonyl (C=O) groups is 3. The van der Waals surface area contributed by atoms with Gasteiger partial charge in [0.1, 0.15) is 13.2 Å². The SMILES string of the molecule is CC/C=C\C/C=C\C/C=C\C/C=C\CCCCCCCCCCC(=O)OCC(COC(=O)CCCCCCC/C=C\C/C=C\C/C=C\CC)OC(=O)CCCCCCCCCCCCCCCCCCCCC. The summed E-state index contributed by atoms with van der Waals surface area (Å²) in [6, 6.07) is 0. The molecule has 0 amide bonds. The van der Waals surface area contributed by atoms with Crippen molar-refractivity contribution in [3.63, 3.8) is 0 Å². The second-order valence-electron chi connectivity index (χ2n) is 20.6. The van der Waals surface area contributed by atoms with Gasteiger partial charge in [0.05, 0.1) is 0 Å². The maximum Gasteiger partial charge on any atom is 0.306 e. The zero-order valence-electron chi connectivity index (χ0n) is 48.1. The molecule has 0 aromatic rings. The molecule has 0 aromatic carbocycles. The number of hydrogen-bond acceptors (Lipinski definition) is 6. The highest BCUT2D eigenvalue weighted by atomic mass is 16.6. The highest BCUT2D eigenvalue weighted by Gasteiger charge is 2.19. The van der Waals surface area contributed by atoms with Crippen molar-refractivity contribution in [3.05, 3.63) is 85.1 Å². The fourth-order valence-electron chi connectivity index (χ4n) is 8.80. The Bertz CT molecular complexity index is 1400. The van der Waals surface area contributed by atoms with Crippen LogP contribution in [-0.4, -0.2) is 37.2 Å². The molecule has 0 bridgehead atoms. The molecule has 0 fully saturated rings. The molecule has 0 aliphatic carbocycles. The summed E-state index contributed by atoms with van der Waals surface area (Å²) in [6.07, 6.45) is 80.1. The number of ether oxygens (including phenoxy) is 3. The number of rotatable bonds is 56. The molecule has 0 saturated carbocycles. The Morgan fingerprint density at radius 2 is 0.534 bits per heavy atom. The normalized spacial score (nSPS) is 12.6. The third-order valence-electron chi connectivity index (χ3n) is 13.4. The Balaban J connectivity index is 4.38. The summed E-state index contributed by atoms with van der Waals surface area (Å²) >= 11 is 0. The van der Waals surface area contributed by atoms with Gasteiger partial charge in [-0.15, -0.1) is 0 Å². The predicted molar refractivity (Wildman–Crippen MR) is 316 cm³/mol. The van der Waals surface area contributed by atoms with Crippen LogP contribution in [0.1, 0.15) is 303 Å². The van der Waals surface area contributed by atoms with Crippen LogP contribution in [-0.2, 0) is 28.6 Å². The molecular formula is C67H116O6. The fraction of sp³-hybridized carbons (Fsp3) is 0.746. The van der Waals surface area contributed by atoms with E-state index in [2.05, 4.69) is 106 Å². The van der Waals surface area contributed by atoms with E-state index in [1.54, 1.807) is 0 Å². The number of esters is 3. The second kappa shape index (κ2) is 61.1. The lowest BCUT2D eigenvalue weighted by molar-refractivity contribution is -0.167. The number of carbonyl (C=O) groups excluding carboxylic acids is 3. The zero-order chi connectivity index (χ0) is 52.9. The molecule has 0 saturated heterocycles. The van der Waals surface area contributed by atoms with E-state index >= 15 is 0 Å². The summed E-state index contributed by atoms with van der Waals surface area (Å²) in [5.74, 6) is -0.895. The van der Waals surface area contributed by atoms with Crippen LogP contribution in [0.5, 0.6) is 0 Å². The van der Waals surface area contributed by atoms with Crippen molar-refractivity contribution in [3.8, 4) is 0 Å². The van der Waals surface area contributed by atoms with Gasteiger partial charge in [0.2, 0.25) is 0 Å². The van der Waals surface area contributed by atoms with Gasteiger partial charge in [0.25, 0.3) is 0 Å². The Kier molecular flexibility index (Phi) is 58.3. The third kappa shape index (κ3) is 59.3. The van der Waals surface area contributed by atoms with Gasteiger partial charge in [-0.25, -0.2) is 0 Å². The fourth-order valence-corrected chi connectivity index (χ4v) is 8.80. The third-order valence-corrected chi connectivity index (χ3v) is 13.4. The quantitative estimate of drug-likeness (QED) is 0.0261. The summed E-state index contributed by atoms with van der Waals surface area (Å²) < 4.78 is 16.9. The lowest BCUT2D eigenvalue weighted by atomic mass is 10.0. The topological polar surface area (TPSA) is 78.9 Å². The van der Waals surface area contributed by atoms with Crippen LogP contribution in [0.15, 0.2) is 85.1 Å². The van der Waals surface area contributed by atoms with Crippen LogP contribution in [0.4, 0.5) is 0 Å². The van der Waals surface area contributed by atoms with E-state index in [4.69, 9.17) is 14.2 Å². The van der Waals surface area contributed by atoms with Crippen molar-refractivity contribution in [2.75, 3.05) is 13.2 Å². The Morgan fingerprint density at radius 1 is 0.288 bits per heavy atom. The molecule has 420 valence electrons. The first-order valence-electron chi connectivity index (χ1n) is 31.1. The highest BCUT2D eigenvalue weighted by molar-refractivity contribution is 5.71. The van der Waals surface area contributed by atoms with Gasteiger partial charge in [-0.3, -0.25) is 14.4 Å². The first-order chi connectivity index (χ1) is 36.0. The molecule has 0 heterocycles. The largest absolute Gasteiger partial charge is 0.462 e. The van der Waals surface area contributed by atoms with E-state index in [0.717, 1.165) is 128 Å². The standard InChI is InChI=1S/C67H116O6/c1-4-7-10-13-16-19-22-25-28-30-32-33-35-36-39-42-45-48-51-54-57-60-66(69)72-63-64(62-71-65(68)59-56-53-50-47-44-41-38-27-24-21-18-15-12-9-6-3)73-67(70)61-58-55-52-49-46-43-40-37-34-31-29-26-23-20-17-14-11-8-5-2/h7,9-10,12,16,18-19,21,25,27-28,32-33,38,64H,4-6,8,11,13-15,17,20,22-24,26,29-31,34-37,39-63H2,1-3H3/b10-7-,12-9-,19-16-,21-18-,28-25-,33-32-,38-27-. The minimum Gasteiger partial charge on any atom is -0.462 e. The van der Waals surface area contributed by atoms with Crippen molar-refractivity contribution < 1.29 is 28.6 Å². The maximum atomic E-state index is 12.9. The van der Waals surface area contributed by atoms with Crippen molar-refractivity contribution >= 4 is 17.9 Å². The van der Waals surface area contributed by atoms with Gasteiger partial charge in [0, 0.05) is 19.3 Å². The van der Waals surface area contributed by atoms with Crippen LogP contribution >= 0.6 is 0 Å². The summed E-state index contributed by atoms with van der Waals surface area (Å²) in [6.45, 7) is 6.43. The van der Waals surface area contributed by atoms with Crippen LogP contribution in [0.25, 0.3) is 0 Å². The summed E-state index contributed by atoms with van der Waals surface area (Å²) in [5, 5.41) is 0. The Morgan fingerprint density at radius 3 is 0.836 bits per heavy atom. The van der Waals surface area contributed by atoms with Crippen molar-refractivity contribution in [1.82, 2.24) is 0 Å². The van der Waals surface area contributed by atoms with Crippen LogP contribution in [0.3, 0.4) is 0 Å². The van der Waals surface area contributed by atoms with Crippen LogP contribution in [0.2, 0.25) is 0 Å². The van der Waals surface area contributed by atoms with E-state index in [0.29, 0.717) is 19.3 Å². The van der Waals surface area contributed by atoms with Gasteiger partial charge < -0.3 is 14.2 Å². The highest BCUT2D eigenvalue weighted by Crippen LogP contribution is 2.17. The molecule has 0 aliphatic heterocycles. The second-order valence-corrected chi connectivity index (χ2v) is 20.6. The number of hydrogen-bond donors (Lipinski definition) is 0. The molecule has 0 aromatic heterocycles. The van der Waals surface area contributed by atoms with Crippen molar-refractivity contribution in [2.45, 2.75) is 309 Å². The lowest BCUT2D eigenvalue weighted by Gasteiger charge is -2.18. The maximum absolute atomic E-state index is 12.9. The summed E-state index contributed by atoms with van der Waals surface area (Å²) in [7, 11) is 0. The van der Waals surface area contributed by atoms with Gasteiger partial charge in [0.15, 0.2) is 6.10 Å². The van der Waals surface area contributed by atoms with Gasteiger partial charge >= 0.3 is 17.9 Å². The average Bonchev–Trinajstić information content (AvgIpc) is 3.39. The average molecular weight is 1020 g/mol. The van der Waals surface area contributed by atoms with Crippen molar-refractivity contribution in [2.24, 2.45) is 0 Å². The summed E-state index contributed by atoms with van der Waals surface area (Å²) in [5.41, 5.74) is 0. The minimum atomic E-state index is -0.787. The predicted octanol–water partition coefficient (Wildman–Crippen LogP) is 21.1. The van der Waals surface area contributed by atoms with E-state index in [-0.39, 0.29) is 31.1 Å². The Hall–Kier alpha value is -3.41. The van der Waals surface area contributed by atoms with Gasteiger partial charge in [-0.05, 0) is 89.9 Å². The number of allylic oxidation sites excluding steroid dienone is 14. The molecule has 6 heteroatoms. The molecule has 1 unspecified atom stereocenters. The van der Waals surface area contributed by atoms with Gasteiger partial charge in [-0.2, -0.15) is 0 Å². The van der Waals surface area contributed by atoms with E-state index in [9.17, 15) is 14.4 Å². The van der Waals surface area contributed by atoms with E-state index in [1.165, 1.54) is 135 Å². The smallest absolute Gasteiger partial charge is 0.306 e. The summed E-state index contributed by atoms with van der Waals surface area (Å²) in [4.78, 5) is 38.3. The zero-order valence-corrected chi connectivity index (χ0v) is 48.1. The van der Waals surface area contributed by atoms with E-state index < -0.39 is 6.10 Å². The monoisotopic (exact) mass is 1020 g/mol. The molecule has 0 radical (unpaired) electrons. The molecule has 0 N–H and O–H groups in total. The Labute approximate surface area is 452 Å². The van der Waals surface area contributed by atoms with Crippen molar-refractivity contribution in [1.29, 1.82) is 0 Å². The van der Waals surface area contributed by atoms with Crippen LogP contribution < -0.4 is 0 Å². The molecule has 0 rings (SSSR count). The van der Waals surface area contributed by atoms with Gasteiger partial charge in [-0.1, -0.05) is 279 Å². The molecule has 1 atom stereocenters. The number of unbranched alkanes of at least 4 members (excludes halogenated alkanes) is 31. The molecular weight excluding hydrogens is 901 g/mol.